The van der Waals surface area contributed by atoms with Crippen molar-refractivity contribution in [1.82, 2.24) is 14.9 Å². The number of hydrogen-bond donors (Lipinski definition) is 0. The van der Waals surface area contributed by atoms with Gasteiger partial charge in [0.2, 0.25) is 0 Å². The fourth-order valence-corrected chi connectivity index (χ4v) is 3.24. The standard InChI is InChI=1S/C15H19FN4S/c1-2-15-18-13(11-21-15)10-19-5-7-20(8-6-19)14-4-3-12(16)9-17-14/h3-4,9,11H,2,5-8,10H2,1H3. The van der Waals surface area contributed by atoms with Crippen LogP contribution in [0.25, 0.3) is 0 Å². The summed E-state index contributed by atoms with van der Waals surface area (Å²) in [5, 5.41) is 3.37. The first-order chi connectivity index (χ1) is 10.2. The minimum atomic E-state index is -0.285. The van der Waals surface area contributed by atoms with Gasteiger partial charge in [-0.2, -0.15) is 0 Å². The van der Waals surface area contributed by atoms with Crippen molar-refractivity contribution < 1.29 is 4.39 Å². The maximum atomic E-state index is 12.9. The molecular formula is C15H19FN4S. The van der Waals surface area contributed by atoms with E-state index < -0.39 is 0 Å². The molecule has 6 heteroatoms. The van der Waals surface area contributed by atoms with Crippen LogP contribution < -0.4 is 4.90 Å². The minimum Gasteiger partial charge on any atom is -0.354 e. The Morgan fingerprint density at radius 2 is 2.05 bits per heavy atom. The third-order valence-electron chi connectivity index (χ3n) is 3.70. The molecule has 0 aromatic carbocycles. The fraction of sp³-hybridized carbons (Fsp3) is 0.467. The van der Waals surface area contributed by atoms with Crippen LogP contribution in [0, 0.1) is 5.82 Å². The highest BCUT2D eigenvalue weighted by atomic mass is 32.1. The normalized spacial score (nSPS) is 16.4. The van der Waals surface area contributed by atoms with Gasteiger partial charge in [0.15, 0.2) is 0 Å². The molecule has 0 saturated carbocycles. The van der Waals surface area contributed by atoms with Gasteiger partial charge >= 0.3 is 0 Å². The lowest BCUT2D eigenvalue weighted by atomic mass is 10.3. The maximum Gasteiger partial charge on any atom is 0.141 e. The van der Waals surface area contributed by atoms with Crippen molar-refractivity contribution in [3.05, 3.63) is 40.2 Å². The summed E-state index contributed by atoms with van der Waals surface area (Å²) >= 11 is 1.74. The molecule has 1 fully saturated rings. The summed E-state index contributed by atoms with van der Waals surface area (Å²) < 4.78 is 12.9. The molecule has 4 nitrogen and oxygen atoms in total. The first-order valence-electron chi connectivity index (χ1n) is 7.26. The average Bonchev–Trinajstić information content (AvgIpc) is 2.97. The molecule has 0 atom stereocenters. The minimum absolute atomic E-state index is 0.285. The number of piperazine rings is 1. The average molecular weight is 306 g/mol. The second-order valence-electron chi connectivity index (χ2n) is 5.18. The third-order valence-corrected chi connectivity index (χ3v) is 4.74. The Bertz CT molecular complexity index is 576. The smallest absolute Gasteiger partial charge is 0.141 e. The Hall–Kier alpha value is -1.53. The Morgan fingerprint density at radius 1 is 1.24 bits per heavy atom. The summed E-state index contributed by atoms with van der Waals surface area (Å²) in [4.78, 5) is 13.4. The molecule has 0 aliphatic carbocycles. The van der Waals surface area contributed by atoms with E-state index in [9.17, 15) is 4.39 Å². The zero-order valence-corrected chi connectivity index (χ0v) is 12.9. The lowest BCUT2D eigenvalue weighted by molar-refractivity contribution is 0.247. The van der Waals surface area contributed by atoms with Crippen LogP contribution in [0.5, 0.6) is 0 Å². The van der Waals surface area contributed by atoms with Crippen LogP contribution in [0.1, 0.15) is 17.6 Å². The van der Waals surface area contributed by atoms with E-state index >= 15 is 0 Å². The molecule has 21 heavy (non-hydrogen) atoms. The van der Waals surface area contributed by atoms with Crippen LogP contribution in [0.3, 0.4) is 0 Å². The number of hydrogen-bond acceptors (Lipinski definition) is 5. The zero-order valence-electron chi connectivity index (χ0n) is 12.1. The van der Waals surface area contributed by atoms with Crippen LogP contribution >= 0.6 is 11.3 Å². The first-order valence-corrected chi connectivity index (χ1v) is 8.14. The van der Waals surface area contributed by atoms with E-state index in [1.54, 1.807) is 17.4 Å². The molecule has 2 aromatic heterocycles. The molecule has 112 valence electrons. The predicted octanol–water partition coefficient (Wildman–Crippen LogP) is 2.56. The van der Waals surface area contributed by atoms with E-state index in [0.717, 1.165) is 45.0 Å². The topological polar surface area (TPSA) is 32.3 Å². The second-order valence-corrected chi connectivity index (χ2v) is 6.13. The Kier molecular flexibility index (Phi) is 4.45. The number of rotatable bonds is 4. The monoisotopic (exact) mass is 306 g/mol. The summed E-state index contributed by atoms with van der Waals surface area (Å²) in [6.07, 6.45) is 2.29. The van der Waals surface area contributed by atoms with Crippen LogP contribution in [0.4, 0.5) is 10.2 Å². The summed E-state index contributed by atoms with van der Waals surface area (Å²) in [6.45, 7) is 6.86. The van der Waals surface area contributed by atoms with E-state index in [1.807, 2.05) is 0 Å². The van der Waals surface area contributed by atoms with Crippen molar-refractivity contribution in [2.75, 3.05) is 31.1 Å². The quantitative estimate of drug-likeness (QED) is 0.869. The van der Waals surface area contributed by atoms with E-state index in [1.165, 1.54) is 23.0 Å². The highest BCUT2D eigenvalue weighted by Gasteiger charge is 2.18. The van der Waals surface area contributed by atoms with E-state index in [4.69, 9.17) is 0 Å². The van der Waals surface area contributed by atoms with Crippen molar-refractivity contribution in [2.24, 2.45) is 0 Å². The zero-order chi connectivity index (χ0) is 14.7. The van der Waals surface area contributed by atoms with Gasteiger partial charge in [0, 0.05) is 38.1 Å². The number of anilines is 1. The highest BCUT2D eigenvalue weighted by molar-refractivity contribution is 7.09. The SMILES string of the molecule is CCc1nc(CN2CCN(c3ccc(F)cn3)CC2)cs1. The first kappa shape index (κ1) is 14.4. The third kappa shape index (κ3) is 3.57. The van der Waals surface area contributed by atoms with Crippen molar-refractivity contribution in [2.45, 2.75) is 19.9 Å². The summed E-state index contributed by atoms with van der Waals surface area (Å²) in [5.74, 6) is 0.575. The van der Waals surface area contributed by atoms with Crippen molar-refractivity contribution in [3.8, 4) is 0 Å². The van der Waals surface area contributed by atoms with Gasteiger partial charge in [0.1, 0.15) is 11.6 Å². The van der Waals surface area contributed by atoms with Gasteiger partial charge in [-0.25, -0.2) is 14.4 Å². The molecule has 0 radical (unpaired) electrons. The number of thiazole rings is 1. The van der Waals surface area contributed by atoms with Crippen LogP contribution in [0.15, 0.2) is 23.7 Å². The van der Waals surface area contributed by atoms with Crippen LogP contribution in [0.2, 0.25) is 0 Å². The van der Waals surface area contributed by atoms with E-state index in [-0.39, 0.29) is 5.82 Å². The molecule has 1 aliphatic heterocycles. The molecule has 1 saturated heterocycles. The summed E-state index contributed by atoms with van der Waals surface area (Å²) in [7, 11) is 0. The molecule has 0 N–H and O–H groups in total. The molecule has 0 spiro atoms. The molecule has 3 heterocycles. The molecule has 3 rings (SSSR count). The van der Waals surface area contributed by atoms with Gasteiger partial charge in [0.05, 0.1) is 16.9 Å². The molecular weight excluding hydrogens is 287 g/mol. The number of halogens is 1. The number of pyridine rings is 1. The molecule has 0 bridgehead atoms. The lowest BCUT2D eigenvalue weighted by Crippen LogP contribution is -2.46. The largest absolute Gasteiger partial charge is 0.354 e. The lowest BCUT2D eigenvalue weighted by Gasteiger charge is -2.35. The molecule has 2 aromatic rings. The van der Waals surface area contributed by atoms with Gasteiger partial charge in [-0.15, -0.1) is 11.3 Å². The van der Waals surface area contributed by atoms with E-state index in [0.29, 0.717) is 0 Å². The van der Waals surface area contributed by atoms with Crippen molar-refractivity contribution >= 4 is 17.2 Å². The Balaban J connectivity index is 1.54. The van der Waals surface area contributed by atoms with Gasteiger partial charge < -0.3 is 4.90 Å². The number of nitrogens with zero attached hydrogens (tertiary/aromatic N) is 4. The van der Waals surface area contributed by atoms with Crippen molar-refractivity contribution in [3.63, 3.8) is 0 Å². The van der Waals surface area contributed by atoms with Crippen LogP contribution in [-0.2, 0) is 13.0 Å². The predicted molar refractivity (Wildman–Crippen MR) is 83.2 cm³/mol. The fourth-order valence-electron chi connectivity index (χ4n) is 2.50. The highest BCUT2D eigenvalue weighted by Crippen LogP contribution is 2.16. The second kappa shape index (κ2) is 6.49. The maximum absolute atomic E-state index is 12.9. The Morgan fingerprint density at radius 3 is 2.67 bits per heavy atom. The molecule has 0 unspecified atom stereocenters. The summed E-state index contributed by atoms with van der Waals surface area (Å²) in [5.41, 5.74) is 1.17. The van der Waals surface area contributed by atoms with E-state index in [2.05, 4.69) is 32.1 Å². The van der Waals surface area contributed by atoms with Gasteiger partial charge in [-0.05, 0) is 18.6 Å². The van der Waals surface area contributed by atoms with Crippen LogP contribution in [-0.4, -0.2) is 41.0 Å². The van der Waals surface area contributed by atoms with Gasteiger partial charge in [-0.3, -0.25) is 4.90 Å². The van der Waals surface area contributed by atoms with Gasteiger partial charge in [0.25, 0.3) is 0 Å². The Labute approximate surface area is 128 Å². The molecule has 1 aliphatic rings. The number of aromatic nitrogens is 2. The van der Waals surface area contributed by atoms with Crippen molar-refractivity contribution in [1.29, 1.82) is 0 Å². The summed E-state index contributed by atoms with van der Waals surface area (Å²) in [6, 6.07) is 3.22. The van der Waals surface area contributed by atoms with Gasteiger partial charge in [-0.1, -0.05) is 6.92 Å². The molecule has 0 amide bonds. The number of aryl methyl sites for hydroxylation is 1.